The minimum absolute atomic E-state index is 0.163. The molecule has 0 heterocycles. The summed E-state index contributed by atoms with van der Waals surface area (Å²) in [7, 11) is 0. The first-order chi connectivity index (χ1) is 7.49. The molecule has 3 N–H and O–H groups in total. The van der Waals surface area contributed by atoms with Crippen molar-refractivity contribution >= 4 is 23.4 Å². The fourth-order valence-electron chi connectivity index (χ4n) is 1.15. The molecule has 0 aliphatic rings. The molecule has 0 aliphatic heterocycles. The van der Waals surface area contributed by atoms with Gasteiger partial charge >= 0.3 is 0 Å². The first-order valence-corrected chi connectivity index (χ1v) is 6.20. The first-order valence-electron chi connectivity index (χ1n) is 5.32. The molecular formula is C12H18N2OS. The molecule has 0 saturated heterocycles. The molecule has 1 aromatic rings. The van der Waals surface area contributed by atoms with Crippen LogP contribution in [-0.2, 0) is 4.79 Å². The van der Waals surface area contributed by atoms with E-state index in [0.717, 1.165) is 5.69 Å². The van der Waals surface area contributed by atoms with Crippen molar-refractivity contribution in [3.8, 4) is 0 Å². The van der Waals surface area contributed by atoms with Gasteiger partial charge in [-0.25, -0.2) is 0 Å². The van der Waals surface area contributed by atoms with Gasteiger partial charge in [-0.1, -0.05) is 13.8 Å². The first kappa shape index (κ1) is 13.1. The van der Waals surface area contributed by atoms with Crippen LogP contribution in [0, 0.1) is 0 Å². The zero-order valence-corrected chi connectivity index (χ0v) is 10.7. The standard InChI is InChI=1S/C12H18N2OS/c1-8(2)16-11-6-4-10(5-7-11)14-12(15)9(3)13/h4-9H,13H2,1-3H3,(H,14,15). The Kier molecular flexibility index (Phi) is 4.83. The Labute approximate surface area is 101 Å². The number of rotatable bonds is 4. The zero-order valence-electron chi connectivity index (χ0n) is 9.86. The SMILES string of the molecule is CC(C)Sc1ccc(NC(=O)C(C)N)cc1. The lowest BCUT2D eigenvalue weighted by Gasteiger charge is -2.09. The highest BCUT2D eigenvalue weighted by Crippen LogP contribution is 2.24. The van der Waals surface area contributed by atoms with Gasteiger partial charge in [-0.2, -0.15) is 0 Å². The molecular weight excluding hydrogens is 220 g/mol. The van der Waals surface area contributed by atoms with E-state index < -0.39 is 6.04 Å². The van der Waals surface area contributed by atoms with E-state index in [1.807, 2.05) is 24.3 Å². The summed E-state index contributed by atoms with van der Waals surface area (Å²) >= 11 is 1.79. The van der Waals surface area contributed by atoms with Gasteiger partial charge in [0.2, 0.25) is 5.91 Å². The van der Waals surface area contributed by atoms with Crippen LogP contribution in [0.3, 0.4) is 0 Å². The van der Waals surface area contributed by atoms with E-state index in [1.54, 1.807) is 18.7 Å². The van der Waals surface area contributed by atoms with Gasteiger partial charge in [0, 0.05) is 15.8 Å². The predicted octanol–water partition coefficient (Wildman–Crippen LogP) is 2.47. The fourth-order valence-corrected chi connectivity index (χ4v) is 1.98. The van der Waals surface area contributed by atoms with E-state index in [9.17, 15) is 4.79 Å². The molecule has 1 rings (SSSR count). The van der Waals surface area contributed by atoms with Crippen molar-refractivity contribution in [2.75, 3.05) is 5.32 Å². The number of nitrogens with one attached hydrogen (secondary N) is 1. The molecule has 0 aliphatic carbocycles. The summed E-state index contributed by atoms with van der Waals surface area (Å²) < 4.78 is 0. The van der Waals surface area contributed by atoms with Gasteiger partial charge in [-0.3, -0.25) is 4.79 Å². The Bertz CT molecular complexity index is 347. The van der Waals surface area contributed by atoms with Gasteiger partial charge in [0.25, 0.3) is 0 Å². The highest BCUT2D eigenvalue weighted by molar-refractivity contribution is 7.99. The largest absolute Gasteiger partial charge is 0.325 e. The number of amides is 1. The van der Waals surface area contributed by atoms with Gasteiger partial charge in [0.05, 0.1) is 6.04 Å². The molecule has 0 bridgehead atoms. The number of carbonyl (C=O) groups is 1. The van der Waals surface area contributed by atoms with Crippen molar-refractivity contribution in [2.45, 2.75) is 37.0 Å². The fraction of sp³-hybridized carbons (Fsp3) is 0.417. The van der Waals surface area contributed by atoms with E-state index in [0.29, 0.717) is 5.25 Å². The van der Waals surface area contributed by atoms with Crippen molar-refractivity contribution < 1.29 is 4.79 Å². The maximum absolute atomic E-state index is 11.3. The van der Waals surface area contributed by atoms with Crippen LogP contribution < -0.4 is 11.1 Å². The van der Waals surface area contributed by atoms with Crippen LogP contribution >= 0.6 is 11.8 Å². The third-order valence-electron chi connectivity index (χ3n) is 1.91. The Morgan fingerprint density at radius 3 is 2.25 bits per heavy atom. The normalized spacial score (nSPS) is 12.6. The summed E-state index contributed by atoms with van der Waals surface area (Å²) in [6.07, 6.45) is 0. The molecule has 0 saturated carbocycles. The van der Waals surface area contributed by atoms with Crippen molar-refractivity contribution in [3.05, 3.63) is 24.3 Å². The molecule has 1 amide bonds. The van der Waals surface area contributed by atoms with Crippen LogP contribution in [0.25, 0.3) is 0 Å². The summed E-state index contributed by atoms with van der Waals surface area (Å²) in [5.41, 5.74) is 6.25. The highest BCUT2D eigenvalue weighted by atomic mass is 32.2. The molecule has 16 heavy (non-hydrogen) atoms. The maximum atomic E-state index is 11.3. The van der Waals surface area contributed by atoms with Crippen LogP contribution in [-0.4, -0.2) is 17.2 Å². The van der Waals surface area contributed by atoms with Crippen LogP contribution in [0.1, 0.15) is 20.8 Å². The lowest BCUT2D eigenvalue weighted by atomic mass is 10.3. The smallest absolute Gasteiger partial charge is 0.240 e. The van der Waals surface area contributed by atoms with Gasteiger partial charge in [-0.05, 0) is 31.2 Å². The maximum Gasteiger partial charge on any atom is 0.240 e. The quantitative estimate of drug-likeness (QED) is 0.792. The van der Waals surface area contributed by atoms with E-state index >= 15 is 0 Å². The van der Waals surface area contributed by atoms with E-state index in [-0.39, 0.29) is 5.91 Å². The number of nitrogens with two attached hydrogens (primary N) is 1. The minimum atomic E-state index is -0.482. The van der Waals surface area contributed by atoms with Gasteiger partial charge in [0.1, 0.15) is 0 Å². The topological polar surface area (TPSA) is 55.1 Å². The third-order valence-corrected chi connectivity index (χ3v) is 2.92. The van der Waals surface area contributed by atoms with Crippen molar-refractivity contribution in [2.24, 2.45) is 5.73 Å². The van der Waals surface area contributed by atoms with E-state index in [2.05, 4.69) is 19.2 Å². The second kappa shape index (κ2) is 5.92. The molecule has 0 radical (unpaired) electrons. The summed E-state index contributed by atoms with van der Waals surface area (Å²) in [4.78, 5) is 12.5. The Morgan fingerprint density at radius 2 is 1.81 bits per heavy atom. The third kappa shape index (κ3) is 4.24. The molecule has 0 spiro atoms. The predicted molar refractivity (Wildman–Crippen MR) is 69.7 cm³/mol. The summed E-state index contributed by atoms with van der Waals surface area (Å²) in [5, 5.41) is 3.31. The number of benzene rings is 1. The van der Waals surface area contributed by atoms with Crippen molar-refractivity contribution in [1.29, 1.82) is 0 Å². The molecule has 4 heteroatoms. The van der Waals surface area contributed by atoms with E-state index in [1.165, 1.54) is 4.90 Å². The van der Waals surface area contributed by atoms with Crippen LogP contribution in [0.4, 0.5) is 5.69 Å². The summed E-state index contributed by atoms with van der Waals surface area (Å²) in [5.74, 6) is -0.163. The second-order valence-electron chi connectivity index (χ2n) is 3.97. The van der Waals surface area contributed by atoms with Crippen LogP contribution in [0.5, 0.6) is 0 Å². The number of carbonyl (C=O) groups excluding carboxylic acids is 1. The molecule has 88 valence electrons. The average Bonchev–Trinajstić information content (AvgIpc) is 2.20. The van der Waals surface area contributed by atoms with Gasteiger partial charge in [0.15, 0.2) is 0 Å². The molecule has 1 unspecified atom stereocenters. The lowest BCUT2D eigenvalue weighted by Crippen LogP contribution is -2.32. The Morgan fingerprint density at radius 1 is 1.25 bits per heavy atom. The Balaban J connectivity index is 2.61. The summed E-state index contributed by atoms with van der Waals surface area (Å²) in [6, 6.07) is 7.31. The van der Waals surface area contributed by atoms with Gasteiger partial charge < -0.3 is 11.1 Å². The van der Waals surface area contributed by atoms with Gasteiger partial charge in [-0.15, -0.1) is 11.8 Å². The lowest BCUT2D eigenvalue weighted by molar-refractivity contribution is -0.117. The van der Waals surface area contributed by atoms with Crippen LogP contribution in [0.15, 0.2) is 29.2 Å². The monoisotopic (exact) mass is 238 g/mol. The number of anilines is 1. The molecule has 3 nitrogen and oxygen atoms in total. The summed E-state index contributed by atoms with van der Waals surface area (Å²) in [6.45, 7) is 5.96. The average molecular weight is 238 g/mol. The number of thioether (sulfide) groups is 1. The molecule has 1 aromatic carbocycles. The molecule has 1 atom stereocenters. The van der Waals surface area contributed by atoms with E-state index in [4.69, 9.17) is 5.73 Å². The molecule has 0 fully saturated rings. The Hall–Kier alpha value is -1.00. The number of hydrogen-bond acceptors (Lipinski definition) is 3. The number of hydrogen-bond donors (Lipinski definition) is 2. The molecule has 0 aromatic heterocycles. The van der Waals surface area contributed by atoms with Crippen molar-refractivity contribution in [3.63, 3.8) is 0 Å². The minimum Gasteiger partial charge on any atom is -0.325 e. The highest BCUT2D eigenvalue weighted by Gasteiger charge is 2.07. The zero-order chi connectivity index (χ0) is 12.1. The van der Waals surface area contributed by atoms with Crippen LogP contribution in [0.2, 0.25) is 0 Å². The second-order valence-corrected chi connectivity index (χ2v) is 5.62. The van der Waals surface area contributed by atoms with Crippen molar-refractivity contribution in [1.82, 2.24) is 0 Å².